The Morgan fingerprint density at radius 3 is 2.17 bits per heavy atom. The highest BCUT2D eigenvalue weighted by molar-refractivity contribution is 7.91. The Labute approximate surface area is 273 Å². The van der Waals surface area contributed by atoms with Crippen molar-refractivity contribution < 1.29 is 21.6 Å². The molecular formula is C35H42N4O5S2. The molecular weight excluding hydrogens is 621 g/mol. The monoisotopic (exact) mass is 662 g/mol. The highest BCUT2D eigenvalue weighted by Crippen LogP contribution is 2.51. The first-order valence-corrected chi connectivity index (χ1v) is 19.6. The average Bonchev–Trinajstić information content (AvgIpc) is 3.53. The Morgan fingerprint density at radius 1 is 0.891 bits per heavy atom. The van der Waals surface area contributed by atoms with Crippen LogP contribution in [0.15, 0.2) is 88.9 Å². The summed E-state index contributed by atoms with van der Waals surface area (Å²) < 4.78 is 55.7. The van der Waals surface area contributed by atoms with Gasteiger partial charge in [0.15, 0.2) is 9.84 Å². The summed E-state index contributed by atoms with van der Waals surface area (Å²) in [6, 6.07) is 23.0. The van der Waals surface area contributed by atoms with Crippen LogP contribution in [0.4, 0.5) is 5.69 Å². The second-order valence-electron chi connectivity index (χ2n) is 13.2. The summed E-state index contributed by atoms with van der Waals surface area (Å²) in [6.45, 7) is 4.67. The smallest absolute Gasteiger partial charge is 0.206 e. The molecule has 3 aliphatic rings. The Balaban J connectivity index is 1.07. The highest BCUT2D eigenvalue weighted by atomic mass is 32.2. The molecule has 244 valence electrons. The molecule has 3 fully saturated rings. The van der Waals surface area contributed by atoms with E-state index in [4.69, 9.17) is 4.74 Å². The molecule has 6 rings (SSSR count). The van der Waals surface area contributed by atoms with Crippen molar-refractivity contribution in [1.29, 1.82) is 5.26 Å². The zero-order chi connectivity index (χ0) is 32.4. The number of pyridine rings is 1. The van der Waals surface area contributed by atoms with Gasteiger partial charge in [0, 0.05) is 55.8 Å². The molecule has 2 aromatic carbocycles. The lowest BCUT2D eigenvalue weighted by Crippen LogP contribution is -2.54. The topological polar surface area (TPSA) is 121 Å². The number of likely N-dealkylation sites (tertiary alicyclic amines) is 1. The molecule has 0 N–H and O–H groups in total. The zero-order valence-electron chi connectivity index (χ0n) is 26.2. The van der Waals surface area contributed by atoms with Gasteiger partial charge in [-0.2, -0.15) is 5.26 Å². The largest absolute Gasteiger partial charge is 0.371 e. The number of hydrogen-bond acceptors (Lipinski definition) is 9. The predicted molar refractivity (Wildman–Crippen MR) is 177 cm³/mol. The van der Waals surface area contributed by atoms with Gasteiger partial charge in [0.2, 0.25) is 9.84 Å². The van der Waals surface area contributed by atoms with E-state index in [0.717, 1.165) is 76.1 Å². The second-order valence-corrected chi connectivity index (χ2v) is 17.2. The first-order valence-electron chi connectivity index (χ1n) is 16.1. The molecule has 11 heteroatoms. The van der Waals surface area contributed by atoms with E-state index < -0.39 is 25.1 Å². The minimum absolute atomic E-state index is 0.0514. The number of sulfone groups is 2. The van der Waals surface area contributed by atoms with Gasteiger partial charge in [0.25, 0.3) is 0 Å². The Bertz CT molecular complexity index is 1730. The molecule has 3 aromatic rings. The van der Waals surface area contributed by atoms with Crippen molar-refractivity contribution in [3.8, 4) is 6.07 Å². The van der Waals surface area contributed by atoms with Crippen LogP contribution in [0.2, 0.25) is 0 Å². The molecule has 0 bridgehead atoms. The fourth-order valence-corrected chi connectivity index (χ4v) is 9.55. The standard InChI is InChI=1S/C35H42N4O5S2/c1-45(40,41)26-44-34-9-5-8-33(34)35(25-36,28-6-3-2-4-7-28)29-16-20-38(21-17-29)22-27-23-39(24-27)30-10-12-31(13-11-30)46(42,43)32-14-18-37-19-15-32/h2-4,6-7,10-15,18-19,27,29,33-34H,5,8-9,16-17,20-24,26H2,1H3/t33-,34-,35?/m1/s1. The summed E-state index contributed by atoms with van der Waals surface area (Å²) in [5, 5.41) is 10.9. The maximum absolute atomic E-state index is 12.9. The van der Waals surface area contributed by atoms with Gasteiger partial charge in [-0.15, -0.1) is 0 Å². The minimum atomic E-state index is -3.57. The molecule has 0 amide bonds. The van der Waals surface area contributed by atoms with Crippen LogP contribution in [-0.4, -0.2) is 77.7 Å². The van der Waals surface area contributed by atoms with E-state index in [9.17, 15) is 22.1 Å². The van der Waals surface area contributed by atoms with Crippen molar-refractivity contribution in [2.24, 2.45) is 17.8 Å². The Hall–Kier alpha value is -3.30. The molecule has 1 aliphatic carbocycles. The molecule has 0 spiro atoms. The molecule has 9 nitrogen and oxygen atoms in total. The lowest BCUT2D eigenvalue weighted by molar-refractivity contribution is 0.0108. The third kappa shape index (κ3) is 6.72. The van der Waals surface area contributed by atoms with Gasteiger partial charge in [0.05, 0.1) is 27.4 Å². The quantitative estimate of drug-likeness (QED) is 0.287. The van der Waals surface area contributed by atoms with Crippen molar-refractivity contribution >= 4 is 25.4 Å². The summed E-state index contributed by atoms with van der Waals surface area (Å²) in [6.07, 6.45) is 8.27. The normalized spacial score (nSPS) is 23.0. The van der Waals surface area contributed by atoms with E-state index in [1.807, 2.05) is 30.3 Å². The molecule has 1 unspecified atom stereocenters. The van der Waals surface area contributed by atoms with Gasteiger partial charge >= 0.3 is 0 Å². The van der Waals surface area contributed by atoms with Crippen LogP contribution in [0.25, 0.3) is 0 Å². The summed E-state index contributed by atoms with van der Waals surface area (Å²) in [5.41, 5.74) is 1.32. The molecule has 3 atom stereocenters. The van der Waals surface area contributed by atoms with Crippen molar-refractivity contribution in [3.05, 3.63) is 84.7 Å². The van der Waals surface area contributed by atoms with Gasteiger partial charge < -0.3 is 14.5 Å². The molecule has 1 aromatic heterocycles. The van der Waals surface area contributed by atoms with Crippen LogP contribution in [0.5, 0.6) is 0 Å². The van der Waals surface area contributed by atoms with Gasteiger partial charge in [-0.25, -0.2) is 16.8 Å². The number of piperidine rings is 1. The molecule has 1 saturated carbocycles. The van der Waals surface area contributed by atoms with E-state index in [2.05, 4.69) is 33.0 Å². The molecule has 3 heterocycles. The van der Waals surface area contributed by atoms with Gasteiger partial charge in [0.1, 0.15) is 5.94 Å². The fourth-order valence-electron chi connectivity index (χ4n) is 7.88. The third-order valence-electron chi connectivity index (χ3n) is 10.1. The number of ether oxygens (including phenoxy) is 1. The second kappa shape index (κ2) is 13.4. The lowest BCUT2D eigenvalue weighted by atomic mass is 9.59. The first-order chi connectivity index (χ1) is 22.1. The van der Waals surface area contributed by atoms with Crippen molar-refractivity contribution in [1.82, 2.24) is 9.88 Å². The van der Waals surface area contributed by atoms with E-state index in [-0.39, 0.29) is 33.7 Å². The van der Waals surface area contributed by atoms with Crippen LogP contribution < -0.4 is 4.90 Å². The fraction of sp³-hybridized carbons (Fsp3) is 0.486. The molecule has 2 aliphatic heterocycles. The van der Waals surface area contributed by atoms with E-state index in [1.54, 1.807) is 12.1 Å². The van der Waals surface area contributed by atoms with Crippen molar-refractivity contribution in [2.45, 2.75) is 53.4 Å². The van der Waals surface area contributed by atoms with E-state index >= 15 is 0 Å². The number of anilines is 1. The Kier molecular flexibility index (Phi) is 9.53. The number of aromatic nitrogens is 1. The SMILES string of the molecule is CS(=O)(=O)CO[C@@H]1CCC[C@H]1C(C#N)(c1ccccc1)C1CCN(CC2CN(c3ccc(S(=O)(=O)c4ccncc4)cc3)C2)CC1. The van der Waals surface area contributed by atoms with Crippen LogP contribution in [0, 0.1) is 29.1 Å². The minimum Gasteiger partial charge on any atom is -0.371 e. The predicted octanol–water partition coefficient (Wildman–Crippen LogP) is 4.71. The van der Waals surface area contributed by atoms with Crippen LogP contribution in [-0.2, 0) is 29.8 Å². The zero-order valence-corrected chi connectivity index (χ0v) is 27.9. The molecule has 0 radical (unpaired) electrons. The summed E-state index contributed by atoms with van der Waals surface area (Å²) in [5.74, 6) is 0.319. The van der Waals surface area contributed by atoms with Gasteiger partial charge in [-0.05, 0) is 86.7 Å². The van der Waals surface area contributed by atoms with Gasteiger partial charge in [-0.3, -0.25) is 4.98 Å². The number of benzene rings is 2. The first kappa shape index (κ1) is 32.6. The Morgan fingerprint density at radius 2 is 1.54 bits per heavy atom. The van der Waals surface area contributed by atoms with Crippen molar-refractivity contribution in [3.63, 3.8) is 0 Å². The number of nitriles is 1. The maximum atomic E-state index is 12.9. The number of nitrogens with zero attached hydrogens (tertiary/aromatic N) is 4. The average molecular weight is 663 g/mol. The summed E-state index contributed by atoms with van der Waals surface area (Å²) >= 11 is 0. The number of hydrogen-bond donors (Lipinski definition) is 0. The molecule has 46 heavy (non-hydrogen) atoms. The highest BCUT2D eigenvalue weighted by Gasteiger charge is 2.52. The maximum Gasteiger partial charge on any atom is 0.206 e. The van der Waals surface area contributed by atoms with Gasteiger partial charge in [-0.1, -0.05) is 36.8 Å². The van der Waals surface area contributed by atoms with Crippen LogP contribution in [0.1, 0.15) is 37.7 Å². The summed E-state index contributed by atoms with van der Waals surface area (Å²) in [7, 11) is -6.84. The van der Waals surface area contributed by atoms with E-state index in [0.29, 0.717) is 5.92 Å². The van der Waals surface area contributed by atoms with Crippen LogP contribution in [0.3, 0.4) is 0 Å². The summed E-state index contributed by atoms with van der Waals surface area (Å²) in [4.78, 5) is 9.23. The van der Waals surface area contributed by atoms with Crippen LogP contribution >= 0.6 is 0 Å². The number of rotatable bonds is 11. The lowest BCUT2D eigenvalue weighted by Gasteiger charge is -2.48. The molecule has 2 saturated heterocycles. The van der Waals surface area contributed by atoms with E-state index in [1.165, 1.54) is 30.8 Å². The third-order valence-corrected chi connectivity index (χ3v) is 12.5. The van der Waals surface area contributed by atoms with Crippen molar-refractivity contribution in [2.75, 3.05) is 49.8 Å².